The van der Waals surface area contributed by atoms with Crippen molar-refractivity contribution in [2.75, 3.05) is 6.61 Å². The standard InChI is InChI=1S/C17H34O2/c1-4-5-6-7-8-9-10-11-13-16(2)17(3)19-15-12-14-18/h14,16-17H,4-13,15H2,1-3H3. The summed E-state index contributed by atoms with van der Waals surface area (Å²) >= 11 is 0. The molecule has 0 rings (SSSR count). The summed E-state index contributed by atoms with van der Waals surface area (Å²) in [6.45, 7) is 7.22. The Morgan fingerprint density at radius 1 is 0.947 bits per heavy atom. The van der Waals surface area contributed by atoms with Crippen molar-refractivity contribution in [3.05, 3.63) is 0 Å². The Labute approximate surface area is 120 Å². The van der Waals surface area contributed by atoms with Crippen molar-refractivity contribution in [2.24, 2.45) is 5.92 Å². The molecule has 0 saturated carbocycles. The molecule has 0 aliphatic carbocycles. The molecule has 2 atom stereocenters. The number of ether oxygens (including phenoxy) is 1. The zero-order valence-corrected chi connectivity index (χ0v) is 13.3. The van der Waals surface area contributed by atoms with Crippen LogP contribution in [-0.2, 0) is 9.53 Å². The lowest BCUT2D eigenvalue weighted by Gasteiger charge is -2.20. The highest BCUT2D eigenvalue weighted by molar-refractivity contribution is 5.49. The lowest BCUT2D eigenvalue weighted by Crippen LogP contribution is -2.19. The molecule has 2 nitrogen and oxygen atoms in total. The third-order valence-electron chi connectivity index (χ3n) is 3.93. The zero-order valence-electron chi connectivity index (χ0n) is 13.3. The Hall–Kier alpha value is -0.370. The summed E-state index contributed by atoms with van der Waals surface area (Å²) in [7, 11) is 0. The third-order valence-corrected chi connectivity index (χ3v) is 3.93. The van der Waals surface area contributed by atoms with Gasteiger partial charge in [0.25, 0.3) is 0 Å². The van der Waals surface area contributed by atoms with Crippen molar-refractivity contribution in [1.82, 2.24) is 0 Å². The summed E-state index contributed by atoms with van der Waals surface area (Å²) in [6, 6.07) is 0. The molecule has 0 aliphatic rings. The molecule has 0 amide bonds. The first-order valence-corrected chi connectivity index (χ1v) is 8.27. The van der Waals surface area contributed by atoms with Crippen LogP contribution in [0.1, 0.15) is 85.0 Å². The van der Waals surface area contributed by atoms with E-state index in [1.165, 1.54) is 57.8 Å². The van der Waals surface area contributed by atoms with Gasteiger partial charge in [-0.25, -0.2) is 0 Å². The first kappa shape index (κ1) is 18.6. The highest BCUT2D eigenvalue weighted by atomic mass is 16.5. The highest BCUT2D eigenvalue weighted by Gasteiger charge is 2.11. The fourth-order valence-electron chi connectivity index (χ4n) is 2.30. The van der Waals surface area contributed by atoms with Crippen molar-refractivity contribution < 1.29 is 9.53 Å². The van der Waals surface area contributed by atoms with Gasteiger partial charge in [0, 0.05) is 6.42 Å². The van der Waals surface area contributed by atoms with Gasteiger partial charge < -0.3 is 9.53 Å². The van der Waals surface area contributed by atoms with Crippen LogP contribution in [0.25, 0.3) is 0 Å². The summed E-state index contributed by atoms with van der Waals surface area (Å²) in [6.07, 6.45) is 14.0. The lowest BCUT2D eigenvalue weighted by molar-refractivity contribution is -0.109. The number of carbonyl (C=O) groups excluding carboxylic acids is 1. The molecule has 0 aromatic carbocycles. The lowest BCUT2D eigenvalue weighted by atomic mass is 9.97. The van der Waals surface area contributed by atoms with Crippen LogP contribution in [0.15, 0.2) is 0 Å². The quantitative estimate of drug-likeness (QED) is 0.322. The number of carbonyl (C=O) groups is 1. The molecule has 0 saturated heterocycles. The average Bonchev–Trinajstić information content (AvgIpc) is 2.41. The second kappa shape index (κ2) is 14.0. The maximum absolute atomic E-state index is 10.2. The van der Waals surface area contributed by atoms with E-state index < -0.39 is 0 Å². The molecule has 114 valence electrons. The molecule has 0 aromatic rings. The largest absolute Gasteiger partial charge is 0.378 e. The van der Waals surface area contributed by atoms with Crippen LogP contribution >= 0.6 is 0 Å². The summed E-state index contributed by atoms with van der Waals surface area (Å²) in [5.41, 5.74) is 0. The van der Waals surface area contributed by atoms with Gasteiger partial charge in [-0.1, -0.05) is 65.2 Å². The summed E-state index contributed by atoms with van der Waals surface area (Å²) < 4.78 is 5.64. The first-order valence-electron chi connectivity index (χ1n) is 8.27. The van der Waals surface area contributed by atoms with E-state index in [2.05, 4.69) is 20.8 Å². The van der Waals surface area contributed by atoms with Gasteiger partial charge in [-0.3, -0.25) is 0 Å². The summed E-state index contributed by atoms with van der Waals surface area (Å²) in [5, 5.41) is 0. The molecule has 0 N–H and O–H groups in total. The Balaban J connectivity index is 3.31. The molecule has 2 heteroatoms. The average molecular weight is 270 g/mol. The molecule has 0 fully saturated rings. The molecular weight excluding hydrogens is 236 g/mol. The summed E-state index contributed by atoms with van der Waals surface area (Å²) in [5.74, 6) is 0.603. The Morgan fingerprint density at radius 2 is 1.53 bits per heavy atom. The van der Waals surface area contributed by atoms with Crippen LogP contribution in [-0.4, -0.2) is 19.0 Å². The predicted octanol–water partition coefficient (Wildman–Crippen LogP) is 5.15. The van der Waals surface area contributed by atoms with Crippen LogP contribution in [0.4, 0.5) is 0 Å². The number of hydrogen-bond donors (Lipinski definition) is 0. The Bertz CT molecular complexity index is 192. The van der Waals surface area contributed by atoms with Crippen LogP contribution in [0.5, 0.6) is 0 Å². The Morgan fingerprint density at radius 3 is 2.11 bits per heavy atom. The minimum absolute atomic E-state index is 0.282. The van der Waals surface area contributed by atoms with Crippen molar-refractivity contribution in [3.63, 3.8) is 0 Å². The second-order valence-corrected chi connectivity index (χ2v) is 5.77. The Kier molecular flexibility index (Phi) is 13.8. The van der Waals surface area contributed by atoms with Crippen LogP contribution in [0.2, 0.25) is 0 Å². The zero-order chi connectivity index (χ0) is 14.3. The van der Waals surface area contributed by atoms with Crippen LogP contribution in [0, 0.1) is 5.92 Å². The van der Waals surface area contributed by atoms with E-state index in [4.69, 9.17) is 4.74 Å². The van der Waals surface area contributed by atoms with Crippen LogP contribution in [0.3, 0.4) is 0 Å². The van der Waals surface area contributed by atoms with Crippen molar-refractivity contribution in [3.8, 4) is 0 Å². The predicted molar refractivity (Wildman–Crippen MR) is 82.5 cm³/mol. The van der Waals surface area contributed by atoms with E-state index in [0.29, 0.717) is 18.9 Å². The fourth-order valence-corrected chi connectivity index (χ4v) is 2.30. The number of rotatable bonds is 14. The molecule has 0 spiro atoms. The van der Waals surface area contributed by atoms with E-state index in [0.717, 1.165) is 6.29 Å². The number of aldehydes is 1. The molecule has 2 unspecified atom stereocenters. The van der Waals surface area contributed by atoms with E-state index in [1.807, 2.05) is 0 Å². The third kappa shape index (κ3) is 12.4. The fraction of sp³-hybridized carbons (Fsp3) is 0.941. The number of hydrogen-bond acceptors (Lipinski definition) is 2. The SMILES string of the molecule is CCCCCCCCCCC(C)C(C)OCCC=O. The minimum atomic E-state index is 0.282. The number of unbranched alkanes of at least 4 members (excludes halogenated alkanes) is 7. The molecule has 19 heavy (non-hydrogen) atoms. The van der Waals surface area contributed by atoms with Crippen molar-refractivity contribution in [2.45, 2.75) is 91.1 Å². The van der Waals surface area contributed by atoms with Gasteiger partial charge in [-0.15, -0.1) is 0 Å². The smallest absolute Gasteiger partial charge is 0.122 e. The first-order chi connectivity index (χ1) is 9.22. The van der Waals surface area contributed by atoms with Gasteiger partial charge in [0.05, 0.1) is 12.7 Å². The minimum Gasteiger partial charge on any atom is -0.378 e. The topological polar surface area (TPSA) is 26.3 Å². The monoisotopic (exact) mass is 270 g/mol. The maximum atomic E-state index is 10.2. The summed E-state index contributed by atoms with van der Waals surface area (Å²) in [4.78, 5) is 10.2. The molecule has 0 heterocycles. The normalized spacial score (nSPS) is 14.3. The molecule has 0 aliphatic heterocycles. The second-order valence-electron chi connectivity index (χ2n) is 5.77. The van der Waals surface area contributed by atoms with Gasteiger partial charge in [0.1, 0.15) is 6.29 Å². The van der Waals surface area contributed by atoms with Gasteiger partial charge in [0.2, 0.25) is 0 Å². The van der Waals surface area contributed by atoms with Crippen LogP contribution < -0.4 is 0 Å². The van der Waals surface area contributed by atoms with E-state index >= 15 is 0 Å². The molecule has 0 aromatic heterocycles. The maximum Gasteiger partial charge on any atom is 0.122 e. The molecule has 0 bridgehead atoms. The highest BCUT2D eigenvalue weighted by Crippen LogP contribution is 2.17. The van der Waals surface area contributed by atoms with Crippen molar-refractivity contribution in [1.29, 1.82) is 0 Å². The van der Waals surface area contributed by atoms with Gasteiger partial charge in [0.15, 0.2) is 0 Å². The molecule has 0 radical (unpaired) electrons. The van der Waals surface area contributed by atoms with Crippen molar-refractivity contribution >= 4 is 6.29 Å². The van der Waals surface area contributed by atoms with Gasteiger partial charge in [-0.2, -0.15) is 0 Å². The van der Waals surface area contributed by atoms with E-state index in [-0.39, 0.29) is 6.10 Å². The van der Waals surface area contributed by atoms with Gasteiger partial charge in [-0.05, 0) is 19.3 Å². The molecular formula is C17H34O2. The van der Waals surface area contributed by atoms with E-state index in [9.17, 15) is 4.79 Å². The van der Waals surface area contributed by atoms with E-state index in [1.54, 1.807) is 0 Å². The van der Waals surface area contributed by atoms with Gasteiger partial charge >= 0.3 is 0 Å².